The molecule has 0 bridgehead atoms. The maximum absolute atomic E-state index is 13.0. The van der Waals surface area contributed by atoms with E-state index < -0.39 is 29.5 Å². The Morgan fingerprint density at radius 2 is 1.53 bits per heavy atom. The van der Waals surface area contributed by atoms with Gasteiger partial charge in [-0.25, -0.2) is 4.90 Å². The fourth-order valence-corrected chi connectivity index (χ4v) is 4.07. The Bertz CT molecular complexity index is 1450. The van der Waals surface area contributed by atoms with Gasteiger partial charge in [0.05, 0.1) is 22.0 Å². The van der Waals surface area contributed by atoms with Gasteiger partial charge in [-0.05, 0) is 66.1 Å². The monoisotopic (exact) mass is 561 g/mol. The van der Waals surface area contributed by atoms with Crippen molar-refractivity contribution in [3.63, 3.8) is 0 Å². The number of nitrogens with zero attached hydrogens (tertiary/aromatic N) is 1. The number of carbonyl (C=O) groups excluding carboxylic acids is 3. The predicted octanol–water partition coefficient (Wildman–Crippen LogP) is 7.17. The van der Waals surface area contributed by atoms with Crippen molar-refractivity contribution in [2.45, 2.75) is 25.9 Å². The molecule has 0 aromatic heterocycles. The minimum Gasteiger partial charge on any atom is -0.350 e. The van der Waals surface area contributed by atoms with E-state index in [0.29, 0.717) is 11.4 Å². The lowest BCUT2D eigenvalue weighted by Crippen LogP contribution is -2.32. The number of carbonyl (C=O) groups is 3. The Balaban J connectivity index is 1.47. The van der Waals surface area contributed by atoms with Crippen molar-refractivity contribution < 1.29 is 27.6 Å². The lowest BCUT2D eigenvalue weighted by atomic mass is 10.0. The molecule has 0 spiro atoms. The van der Waals surface area contributed by atoms with Crippen LogP contribution in [-0.2, 0) is 15.8 Å². The average Bonchev–Trinajstić information content (AvgIpc) is 3.08. The van der Waals surface area contributed by atoms with Crippen LogP contribution < -0.4 is 15.5 Å². The van der Waals surface area contributed by atoms with Crippen molar-refractivity contribution in [2.75, 3.05) is 15.5 Å². The number of halogens is 5. The van der Waals surface area contributed by atoms with Crippen molar-refractivity contribution in [3.05, 3.63) is 99.2 Å². The molecule has 1 heterocycles. The topological polar surface area (TPSA) is 78.5 Å². The zero-order valence-electron chi connectivity index (χ0n) is 20.0. The van der Waals surface area contributed by atoms with Crippen LogP contribution in [-0.4, -0.2) is 17.7 Å². The van der Waals surface area contributed by atoms with E-state index in [1.54, 1.807) is 12.1 Å². The van der Waals surface area contributed by atoms with Crippen molar-refractivity contribution in [2.24, 2.45) is 0 Å². The molecule has 1 aliphatic heterocycles. The fourth-order valence-electron chi connectivity index (χ4n) is 3.70. The Morgan fingerprint density at radius 3 is 2.11 bits per heavy atom. The highest BCUT2D eigenvalue weighted by Crippen LogP contribution is 2.34. The summed E-state index contributed by atoms with van der Waals surface area (Å²) in [5.41, 5.74) is 0.612. The number of alkyl halides is 3. The van der Waals surface area contributed by atoms with Gasteiger partial charge < -0.3 is 10.6 Å². The molecule has 196 valence electrons. The maximum atomic E-state index is 13.0. The second kappa shape index (κ2) is 10.5. The molecule has 3 amide bonds. The second-order valence-electron chi connectivity index (χ2n) is 8.73. The van der Waals surface area contributed by atoms with E-state index in [1.165, 1.54) is 24.3 Å². The number of imide groups is 1. The number of nitrogens with one attached hydrogen (secondary N) is 2. The third kappa shape index (κ3) is 5.54. The van der Waals surface area contributed by atoms with Gasteiger partial charge in [0.25, 0.3) is 17.7 Å². The van der Waals surface area contributed by atoms with E-state index in [4.69, 9.17) is 23.2 Å². The molecule has 1 aliphatic rings. The number of benzene rings is 3. The van der Waals surface area contributed by atoms with E-state index >= 15 is 0 Å². The van der Waals surface area contributed by atoms with E-state index in [0.717, 1.165) is 28.7 Å². The highest BCUT2D eigenvalue weighted by atomic mass is 35.5. The van der Waals surface area contributed by atoms with E-state index in [-0.39, 0.29) is 32.9 Å². The Kier molecular flexibility index (Phi) is 7.53. The van der Waals surface area contributed by atoms with Gasteiger partial charge >= 0.3 is 6.18 Å². The largest absolute Gasteiger partial charge is 0.416 e. The van der Waals surface area contributed by atoms with Crippen LogP contribution in [0.3, 0.4) is 0 Å². The summed E-state index contributed by atoms with van der Waals surface area (Å²) in [5, 5.41) is 4.82. The highest BCUT2D eigenvalue weighted by molar-refractivity contribution is 6.53. The van der Waals surface area contributed by atoms with E-state index in [9.17, 15) is 27.6 Å². The molecule has 0 aliphatic carbocycles. The SMILES string of the molecule is CC(C)c1ccc(N2C(=O)C(Cl)=C(Nc3ccc(C(=O)Nc4cc(C(F)(F)F)ccc4Cl)cc3)C2=O)cc1. The normalized spacial score (nSPS) is 13.9. The number of anilines is 3. The summed E-state index contributed by atoms with van der Waals surface area (Å²) in [4.78, 5) is 39.3. The maximum Gasteiger partial charge on any atom is 0.416 e. The second-order valence-corrected chi connectivity index (χ2v) is 9.51. The number of rotatable bonds is 6. The molecule has 3 aromatic carbocycles. The Labute approximate surface area is 226 Å². The van der Waals surface area contributed by atoms with Gasteiger partial charge in [-0.2, -0.15) is 13.2 Å². The summed E-state index contributed by atoms with van der Waals surface area (Å²) in [5.74, 6) is -1.73. The Hall–Kier alpha value is -3.82. The smallest absolute Gasteiger partial charge is 0.350 e. The molecule has 3 aromatic rings. The first-order valence-corrected chi connectivity index (χ1v) is 12.1. The summed E-state index contributed by atoms with van der Waals surface area (Å²) in [6.45, 7) is 4.05. The van der Waals surface area contributed by atoms with Gasteiger partial charge in [0, 0.05) is 11.3 Å². The van der Waals surface area contributed by atoms with Crippen molar-refractivity contribution in [3.8, 4) is 0 Å². The van der Waals surface area contributed by atoms with Crippen LogP contribution in [0.2, 0.25) is 5.02 Å². The molecule has 11 heteroatoms. The molecular weight excluding hydrogens is 542 g/mol. The molecule has 0 atom stereocenters. The van der Waals surface area contributed by atoms with Crippen molar-refractivity contribution in [1.29, 1.82) is 0 Å². The van der Waals surface area contributed by atoms with Gasteiger partial charge in [0.1, 0.15) is 10.7 Å². The molecule has 38 heavy (non-hydrogen) atoms. The average molecular weight is 562 g/mol. The third-order valence-electron chi connectivity index (χ3n) is 5.80. The number of hydrogen-bond acceptors (Lipinski definition) is 4. The first-order valence-electron chi connectivity index (χ1n) is 11.3. The van der Waals surface area contributed by atoms with Crippen LogP contribution in [0.4, 0.5) is 30.2 Å². The fraction of sp³-hybridized carbons (Fsp3) is 0.148. The van der Waals surface area contributed by atoms with Gasteiger partial charge in [-0.3, -0.25) is 14.4 Å². The molecule has 0 unspecified atom stereocenters. The highest BCUT2D eigenvalue weighted by Gasteiger charge is 2.39. The number of hydrogen-bond donors (Lipinski definition) is 2. The molecule has 4 rings (SSSR count). The molecule has 0 fully saturated rings. The van der Waals surface area contributed by atoms with Gasteiger partial charge in [-0.15, -0.1) is 0 Å². The summed E-state index contributed by atoms with van der Waals surface area (Å²) in [6.07, 6.45) is -4.60. The van der Waals surface area contributed by atoms with Crippen LogP contribution in [0.15, 0.2) is 77.5 Å². The first-order chi connectivity index (χ1) is 17.9. The third-order valence-corrected chi connectivity index (χ3v) is 6.48. The molecular formula is C27H20Cl2F3N3O3. The van der Waals surface area contributed by atoms with Crippen LogP contribution >= 0.6 is 23.2 Å². The van der Waals surface area contributed by atoms with Crippen molar-refractivity contribution >= 4 is 58.0 Å². The van der Waals surface area contributed by atoms with E-state index in [2.05, 4.69) is 10.6 Å². The Morgan fingerprint density at radius 1 is 0.895 bits per heavy atom. The van der Waals surface area contributed by atoms with Gasteiger partial charge in [0.2, 0.25) is 0 Å². The summed E-state index contributed by atoms with van der Waals surface area (Å²) in [7, 11) is 0. The van der Waals surface area contributed by atoms with Crippen LogP contribution in [0.25, 0.3) is 0 Å². The standard InChI is InChI=1S/C27H20Cl2F3N3O3/c1-14(2)15-5-10-19(11-6-15)35-25(37)22(29)23(26(35)38)33-18-8-3-16(4-9-18)24(36)34-21-13-17(27(30,31)32)7-12-20(21)28/h3-14,33H,1-2H3,(H,34,36). The van der Waals surface area contributed by atoms with Crippen molar-refractivity contribution in [1.82, 2.24) is 0 Å². The lowest BCUT2D eigenvalue weighted by Gasteiger charge is -2.16. The quantitative estimate of drug-likeness (QED) is 0.313. The van der Waals surface area contributed by atoms with Crippen LogP contribution in [0, 0.1) is 0 Å². The minimum absolute atomic E-state index is 0.0565. The molecule has 0 saturated carbocycles. The summed E-state index contributed by atoms with van der Waals surface area (Å²) >= 11 is 12.1. The van der Waals surface area contributed by atoms with Crippen LogP contribution in [0.1, 0.15) is 41.3 Å². The molecule has 0 saturated heterocycles. The molecule has 2 N–H and O–H groups in total. The first kappa shape index (κ1) is 27.2. The summed E-state index contributed by atoms with van der Waals surface area (Å²) < 4.78 is 39.0. The number of amides is 3. The van der Waals surface area contributed by atoms with E-state index in [1.807, 2.05) is 26.0 Å². The van der Waals surface area contributed by atoms with Gasteiger partial charge in [-0.1, -0.05) is 49.2 Å². The molecule has 6 nitrogen and oxygen atoms in total. The predicted molar refractivity (Wildman–Crippen MR) is 140 cm³/mol. The zero-order valence-corrected chi connectivity index (χ0v) is 21.5. The lowest BCUT2D eigenvalue weighted by molar-refractivity contribution is -0.137. The van der Waals surface area contributed by atoms with Gasteiger partial charge in [0.15, 0.2) is 0 Å². The summed E-state index contributed by atoms with van der Waals surface area (Å²) in [6, 6.07) is 15.3. The molecule has 0 radical (unpaired) electrons. The van der Waals surface area contributed by atoms with Crippen LogP contribution in [0.5, 0.6) is 0 Å². The minimum atomic E-state index is -4.60. The zero-order chi connectivity index (χ0) is 27.8.